The van der Waals surface area contributed by atoms with E-state index in [-0.39, 0.29) is 11.4 Å². The van der Waals surface area contributed by atoms with Crippen molar-refractivity contribution in [2.75, 3.05) is 0 Å². The van der Waals surface area contributed by atoms with Crippen molar-refractivity contribution in [3.05, 3.63) is 69.7 Å². The van der Waals surface area contributed by atoms with Crippen LogP contribution in [0.3, 0.4) is 0 Å². The summed E-state index contributed by atoms with van der Waals surface area (Å²) in [6, 6.07) is 15.4. The van der Waals surface area contributed by atoms with Gasteiger partial charge in [-0.25, -0.2) is 0 Å². The molecule has 0 aliphatic heterocycles. The molecule has 0 unspecified atom stereocenters. The molecule has 1 aliphatic carbocycles. The maximum atomic E-state index is 12.2. The molecule has 2 aromatic rings. The maximum absolute atomic E-state index is 12.2. The number of benzene rings is 2. The molecule has 4 heteroatoms. The van der Waals surface area contributed by atoms with E-state index in [0.717, 1.165) is 30.4 Å². The van der Waals surface area contributed by atoms with Crippen LogP contribution in [0.2, 0.25) is 10.0 Å². The van der Waals surface area contributed by atoms with E-state index in [0.29, 0.717) is 16.5 Å². The number of hydrogen-bond acceptors (Lipinski definition) is 1. The Hall–Kier alpha value is -1.51. The number of nitrogens with one attached hydrogen (secondary N) is 1. The zero-order valence-corrected chi connectivity index (χ0v) is 13.6. The van der Waals surface area contributed by atoms with Crippen LogP contribution in [0.1, 0.15) is 30.4 Å². The zero-order chi connectivity index (χ0) is 15.6. The minimum Gasteiger partial charge on any atom is -0.347 e. The summed E-state index contributed by atoms with van der Waals surface area (Å²) in [5.41, 5.74) is 2.08. The number of aryl methyl sites for hydroxylation is 1. The van der Waals surface area contributed by atoms with Crippen LogP contribution in [-0.4, -0.2) is 5.91 Å². The van der Waals surface area contributed by atoms with Crippen LogP contribution in [0.25, 0.3) is 0 Å². The predicted octanol–water partition coefficient (Wildman–Crippen LogP) is 4.73. The van der Waals surface area contributed by atoms with Crippen molar-refractivity contribution in [1.29, 1.82) is 0 Å². The quantitative estimate of drug-likeness (QED) is 0.841. The minimum absolute atomic E-state index is 0.0856. The monoisotopic (exact) mass is 333 g/mol. The molecule has 1 N–H and O–H groups in total. The Labute approximate surface area is 140 Å². The third kappa shape index (κ3) is 3.63. The van der Waals surface area contributed by atoms with Gasteiger partial charge in [-0.15, -0.1) is 0 Å². The van der Waals surface area contributed by atoms with Gasteiger partial charge in [-0.1, -0.05) is 47.5 Å². The van der Waals surface area contributed by atoms with E-state index in [1.807, 2.05) is 48.5 Å². The average molecular weight is 334 g/mol. The molecule has 0 saturated heterocycles. The van der Waals surface area contributed by atoms with E-state index < -0.39 is 0 Å². The Balaban J connectivity index is 1.57. The van der Waals surface area contributed by atoms with Gasteiger partial charge < -0.3 is 5.32 Å². The van der Waals surface area contributed by atoms with Crippen molar-refractivity contribution in [3.8, 4) is 0 Å². The number of carbonyl (C=O) groups excluding carboxylic acids is 1. The molecule has 22 heavy (non-hydrogen) atoms. The first-order chi connectivity index (χ1) is 10.6. The van der Waals surface area contributed by atoms with Gasteiger partial charge in [0, 0.05) is 16.5 Å². The molecule has 1 amide bonds. The third-order valence-electron chi connectivity index (χ3n) is 4.08. The number of rotatable bonds is 5. The van der Waals surface area contributed by atoms with Gasteiger partial charge in [0.15, 0.2) is 0 Å². The molecule has 1 aliphatic rings. The summed E-state index contributed by atoms with van der Waals surface area (Å²) in [4.78, 5) is 12.2. The largest absolute Gasteiger partial charge is 0.347 e. The lowest BCUT2D eigenvalue weighted by molar-refractivity contribution is -0.122. The van der Waals surface area contributed by atoms with E-state index in [9.17, 15) is 4.79 Å². The molecule has 2 aromatic carbocycles. The van der Waals surface area contributed by atoms with Crippen LogP contribution >= 0.6 is 23.2 Å². The van der Waals surface area contributed by atoms with Crippen LogP contribution in [-0.2, 0) is 16.8 Å². The van der Waals surface area contributed by atoms with Crippen LogP contribution in [0.5, 0.6) is 0 Å². The lowest BCUT2D eigenvalue weighted by atomic mass is 10.0. The molecule has 0 atom stereocenters. The molecule has 3 rings (SSSR count). The predicted molar refractivity (Wildman–Crippen MR) is 90.3 cm³/mol. The summed E-state index contributed by atoms with van der Waals surface area (Å²) in [5.74, 6) is 0.0856. The van der Waals surface area contributed by atoms with E-state index >= 15 is 0 Å². The van der Waals surface area contributed by atoms with Crippen molar-refractivity contribution >= 4 is 29.1 Å². The van der Waals surface area contributed by atoms with Gasteiger partial charge in [-0.2, -0.15) is 0 Å². The number of amides is 1. The maximum Gasteiger partial charge on any atom is 0.221 e. The van der Waals surface area contributed by atoms with Gasteiger partial charge in [0.2, 0.25) is 5.91 Å². The van der Waals surface area contributed by atoms with Gasteiger partial charge >= 0.3 is 0 Å². The average Bonchev–Trinajstić information content (AvgIpc) is 3.28. The van der Waals surface area contributed by atoms with E-state index in [2.05, 4.69) is 5.32 Å². The minimum atomic E-state index is -0.179. The van der Waals surface area contributed by atoms with Crippen molar-refractivity contribution in [3.63, 3.8) is 0 Å². The van der Waals surface area contributed by atoms with Gasteiger partial charge in [-0.3, -0.25) is 4.79 Å². The lowest BCUT2D eigenvalue weighted by Crippen LogP contribution is -2.34. The van der Waals surface area contributed by atoms with E-state index in [1.54, 1.807) is 0 Å². The van der Waals surface area contributed by atoms with Crippen molar-refractivity contribution < 1.29 is 4.79 Å². The molecule has 2 nitrogen and oxygen atoms in total. The number of halogens is 2. The SMILES string of the molecule is O=C(CCc1ccc(Cl)cc1)NC1(c2ccc(Cl)cc2)CC1. The molecule has 0 bridgehead atoms. The van der Waals surface area contributed by atoms with Crippen molar-refractivity contribution in [2.45, 2.75) is 31.2 Å². The fourth-order valence-corrected chi connectivity index (χ4v) is 2.87. The molecular weight excluding hydrogens is 317 g/mol. The molecule has 1 fully saturated rings. The van der Waals surface area contributed by atoms with Gasteiger partial charge in [0.05, 0.1) is 5.54 Å². The fraction of sp³-hybridized carbons (Fsp3) is 0.278. The van der Waals surface area contributed by atoms with Crippen molar-refractivity contribution in [2.24, 2.45) is 0 Å². The van der Waals surface area contributed by atoms with Crippen LogP contribution in [0.15, 0.2) is 48.5 Å². The summed E-state index contributed by atoms with van der Waals surface area (Å²) in [7, 11) is 0. The Morgan fingerprint density at radius 1 is 0.955 bits per heavy atom. The van der Waals surface area contributed by atoms with Gasteiger partial charge in [0.1, 0.15) is 0 Å². The van der Waals surface area contributed by atoms with Gasteiger partial charge in [0.25, 0.3) is 0 Å². The first kappa shape index (κ1) is 15.4. The summed E-state index contributed by atoms with van der Waals surface area (Å²) in [6.45, 7) is 0. The fourth-order valence-electron chi connectivity index (χ4n) is 2.62. The highest BCUT2D eigenvalue weighted by atomic mass is 35.5. The summed E-state index contributed by atoms with van der Waals surface area (Å²) in [6.07, 6.45) is 3.18. The second kappa shape index (κ2) is 6.31. The normalized spacial score (nSPS) is 15.4. The lowest BCUT2D eigenvalue weighted by Gasteiger charge is -2.18. The first-order valence-corrected chi connectivity index (χ1v) is 8.14. The highest BCUT2D eigenvalue weighted by molar-refractivity contribution is 6.30. The Morgan fingerprint density at radius 2 is 1.50 bits per heavy atom. The molecule has 0 spiro atoms. The Morgan fingerprint density at radius 3 is 2.05 bits per heavy atom. The van der Waals surface area contributed by atoms with Crippen LogP contribution in [0.4, 0.5) is 0 Å². The second-order valence-electron chi connectivity index (χ2n) is 5.76. The highest BCUT2D eigenvalue weighted by Crippen LogP contribution is 2.45. The summed E-state index contributed by atoms with van der Waals surface area (Å²) < 4.78 is 0. The molecule has 0 aromatic heterocycles. The van der Waals surface area contributed by atoms with E-state index in [1.165, 1.54) is 0 Å². The summed E-state index contributed by atoms with van der Waals surface area (Å²) >= 11 is 11.8. The van der Waals surface area contributed by atoms with Crippen LogP contribution < -0.4 is 5.32 Å². The molecule has 114 valence electrons. The standard InChI is InChI=1S/C18H17Cl2NO/c19-15-6-1-13(2-7-15)3-10-17(22)21-18(11-12-18)14-4-8-16(20)9-5-14/h1-2,4-9H,3,10-12H2,(H,21,22). The van der Waals surface area contributed by atoms with E-state index in [4.69, 9.17) is 23.2 Å². The molecule has 1 saturated carbocycles. The Kier molecular flexibility index (Phi) is 4.42. The highest BCUT2D eigenvalue weighted by Gasteiger charge is 2.45. The van der Waals surface area contributed by atoms with Crippen molar-refractivity contribution in [1.82, 2.24) is 5.32 Å². The second-order valence-corrected chi connectivity index (χ2v) is 6.64. The number of hydrogen-bond donors (Lipinski definition) is 1. The smallest absolute Gasteiger partial charge is 0.221 e. The topological polar surface area (TPSA) is 29.1 Å². The third-order valence-corrected chi connectivity index (χ3v) is 4.58. The zero-order valence-electron chi connectivity index (χ0n) is 12.1. The number of carbonyl (C=O) groups is 1. The Bertz CT molecular complexity index is 660. The van der Waals surface area contributed by atoms with Gasteiger partial charge in [-0.05, 0) is 54.7 Å². The molecule has 0 radical (unpaired) electrons. The first-order valence-electron chi connectivity index (χ1n) is 7.39. The van der Waals surface area contributed by atoms with Crippen LogP contribution in [0, 0.1) is 0 Å². The molecule has 0 heterocycles. The summed E-state index contributed by atoms with van der Waals surface area (Å²) in [5, 5.41) is 4.61. The molecular formula is C18H17Cl2NO.